The van der Waals surface area contributed by atoms with Crippen molar-refractivity contribution >= 4 is 5.96 Å². The van der Waals surface area contributed by atoms with Crippen LogP contribution in [0.4, 0.5) is 0 Å². The molecular weight excluding hydrogens is 214 g/mol. The molecule has 1 aliphatic carbocycles. The summed E-state index contributed by atoms with van der Waals surface area (Å²) in [7, 11) is 0. The minimum atomic E-state index is 0.246. The highest BCUT2D eigenvalue weighted by Crippen LogP contribution is 2.26. The van der Waals surface area contributed by atoms with Gasteiger partial charge in [0.2, 0.25) is 0 Å². The Labute approximate surface area is 104 Å². The third-order valence-corrected chi connectivity index (χ3v) is 3.21. The van der Waals surface area contributed by atoms with Crippen molar-refractivity contribution in [3.63, 3.8) is 0 Å². The highest BCUT2D eigenvalue weighted by Gasteiger charge is 2.33. The van der Waals surface area contributed by atoms with E-state index in [1.165, 1.54) is 0 Å². The molecule has 2 rings (SSSR count). The zero-order chi connectivity index (χ0) is 12.1. The summed E-state index contributed by atoms with van der Waals surface area (Å²) in [6.45, 7) is 7.72. The highest BCUT2D eigenvalue weighted by molar-refractivity contribution is 5.80. The van der Waals surface area contributed by atoms with Crippen LogP contribution in [0.3, 0.4) is 0 Å². The van der Waals surface area contributed by atoms with Crippen LogP contribution in [0.1, 0.15) is 26.7 Å². The third kappa shape index (κ3) is 3.46. The van der Waals surface area contributed by atoms with Gasteiger partial charge < -0.3 is 15.4 Å². The predicted molar refractivity (Wildman–Crippen MR) is 70.2 cm³/mol. The van der Waals surface area contributed by atoms with E-state index in [2.05, 4.69) is 41.6 Å². The van der Waals surface area contributed by atoms with E-state index in [0.29, 0.717) is 6.04 Å². The molecule has 1 aliphatic heterocycles. The maximum absolute atomic E-state index is 5.24. The monoisotopic (exact) mass is 237 g/mol. The van der Waals surface area contributed by atoms with E-state index >= 15 is 0 Å². The Morgan fingerprint density at radius 3 is 2.65 bits per heavy atom. The van der Waals surface area contributed by atoms with Crippen LogP contribution in [0.2, 0.25) is 0 Å². The zero-order valence-corrected chi connectivity index (χ0v) is 10.8. The van der Waals surface area contributed by atoms with Crippen molar-refractivity contribution in [2.75, 3.05) is 26.3 Å². The van der Waals surface area contributed by atoms with Crippen LogP contribution < -0.4 is 10.6 Å². The molecule has 17 heavy (non-hydrogen) atoms. The number of nitrogens with zero attached hydrogens (tertiary/aromatic N) is 1. The molecule has 0 unspecified atom stereocenters. The lowest BCUT2D eigenvalue weighted by Crippen LogP contribution is -2.46. The second kappa shape index (κ2) is 5.54. The number of hydrogen-bond acceptors (Lipinski definition) is 2. The van der Waals surface area contributed by atoms with Gasteiger partial charge in [-0.05, 0) is 19.8 Å². The molecule has 0 aromatic heterocycles. The first-order chi connectivity index (χ1) is 8.22. The van der Waals surface area contributed by atoms with Gasteiger partial charge >= 0.3 is 0 Å². The van der Waals surface area contributed by atoms with Crippen molar-refractivity contribution in [1.29, 1.82) is 0 Å². The van der Waals surface area contributed by atoms with Crippen LogP contribution in [-0.2, 0) is 4.74 Å². The zero-order valence-electron chi connectivity index (χ0n) is 10.8. The van der Waals surface area contributed by atoms with Crippen LogP contribution in [0.5, 0.6) is 0 Å². The fourth-order valence-electron chi connectivity index (χ4n) is 2.06. The summed E-state index contributed by atoms with van der Waals surface area (Å²) in [5, 5.41) is 6.77. The second-order valence-corrected chi connectivity index (χ2v) is 5.28. The van der Waals surface area contributed by atoms with Gasteiger partial charge in [-0.2, -0.15) is 0 Å². The quantitative estimate of drug-likeness (QED) is 0.440. The lowest BCUT2D eigenvalue weighted by Gasteiger charge is -2.36. The van der Waals surface area contributed by atoms with E-state index < -0.39 is 0 Å². The minimum absolute atomic E-state index is 0.246. The molecule has 0 aromatic rings. The first-order valence-electron chi connectivity index (χ1n) is 6.49. The summed E-state index contributed by atoms with van der Waals surface area (Å²) >= 11 is 0. The molecule has 96 valence electrons. The minimum Gasteiger partial charge on any atom is -0.380 e. The van der Waals surface area contributed by atoms with Crippen LogP contribution in [0.25, 0.3) is 0 Å². The lowest BCUT2D eigenvalue weighted by atomic mass is 9.89. The number of hydrogen-bond donors (Lipinski definition) is 2. The molecule has 0 atom stereocenters. The van der Waals surface area contributed by atoms with E-state index in [1.54, 1.807) is 0 Å². The largest absolute Gasteiger partial charge is 0.380 e. The Kier molecular flexibility index (Phi) is 4.05. The van der Waals surface area contributed by atoms with Crippen molar-refractivity contribution in [1.82, 2.24) is 10.6 Å². The maximum Gasteiger partial charge on any atom is 0.191 e. The first kappa shape index (κ1) is 12.4. The molecule has 0 aromatic carbocycles. The Balaban J connectivity index is 1.83. The molecule has 0 radical (unpaired) electrons. The molecule has 1 heterocycles. The molecule has 4 nitrogen and oxygen atoms in total. The Bertz CT molecular complexity index is 300. The predicted octanol–water partition coefficient (Wildman–Crippen LogP) is 1.30. The summed E-state index contributed by atoms with van der Waals surface area (Å²) in [5.74, 6) is 0.939. The SMILES string of the molecule is CCNC(=NCC1(C)COC1)NC1CC=CC1. The third-order valence-electron chi connectivity index (χ3n) is 3.21. The molecule has 4 heteroatoms. The number of ether oxygens (including phenoxy) is 1. The van der Waals surface area contributed by atoms with Gasteiger partial charge in [0.05, 0.1) is 19.8 Å². The number of rotatable bonds is 4. The standard InChI is InChI=1S/C13H23N3O/c1-3-14-12(16-11-6-4-5-7-11)15-8-13(2)9-17-10-13/h4-5,11H,3,6-10H2,1-2H3,(H2,14,15,16). The van der Waals surface area contributed by atoms with Crippen molar-refractivity contribution in [2.24, 2.45) is 10.4 Å². The van der Waals surface area contributed by atoms with E-state index in [0.717, 1.165) is 45.1 Å². The van der Waals surface area contributed by atoms with E-state index in [9.17, 15) is 0 Å². The van der Waals surface area contributed by atoms with Crippen molar-refractivity contribution in [3.8, 4) is 0 Å². The van der Waals surface area contributed by atoms with Gasteiger partial charge in [0.25, 0.3) is 0 Å². The van der Waals surface area contributed by atoms with E-state index in [4.69, 9.17) is 4.74 Å². The van der Waals surface area contributed by atoms with Gasteiger partial charge in [-0.25, -0.2) is 0 Å². The maximum atomic E-state index is 5.24. The molecule has 2 aliphatic rings. The Morgan fingerprint density at radius 2 is 2.12 bits per heavy atom. The summed E-state index contributed by atoms with van der Waals surface area (Å²) in [6, 6.07) is 0.512. The Morgan fingerprint density at radius 1 is 1.41 bits per heavy atom. The van der Waals surface area contributed by atoms with Gasteiger partial charge in [0.1, 0.15) is 0 Å². The summed E-state index contributed by atoms with van der Waals surface area (Å²) in [4.78, 5) is 4.66. The molecule has 0 amide bonds. The van der Waals surface area contributed by atoms with Crippen LogP contribution in [0.15, 0.2) is 17.1 Å². The molecule has 0 bridgehead atoms. The average Bonchev–Trinajstić information content (AvgIpc) is 2.76. The molecule has 1 saturated heterocycles. The van der Waals surface area contributed by atoms with Gasteiger partial charge in [0, 0.05) is 18.0 Å². The molecule has 2 N–H and O–H groups in total. The topological polar surface area (TPSA) is 45.7 Å². The van der Waals surface area contributed by atoms with Gasteiger partial charge in [-0.1, -0.05) is 19.1 Å². The van der Waals surface area contributed by atoms with E-state index in [1.807, 2.05) is 0 Å². The normalized spacial score (nSPS) is 23.5. The van der Waals surface area contributed by atoms with Crippen LogP contribution >= 0.6 is 0 Å². The smallest absolute Gasteiger partial charge is 0.191 e. The van der Waals surface area contributed by atoms with Crippen molar-refractivity contribution < 1.29 is 4.74 Å². The van der Waals surface area contributed by atoms with Crippen molar-refractivity contribution in [3.05, 3.63) is 12.2 Å². The first-order valence-corrected chi connectivity index (χ1v) is 6.49. The van der Waals surface area contributed by atoms with Crippen molar-refractivity contribution in [2.45, 2.75) is 32.7 Å². The molecule has 0 saturated carbocycles. The van der Waals surface area contributed by atoms with E-state index in [-0.39, 0.29) is 5.41 Å². The summed E-state index contributed by atoms with van der Waals surface area (Å²) < 4.78 is 5.24. The van der Waals surface area contributed by atoms with Gasteiger partial charge in [-0.3, -0.25) is 4.99 Å². The lowest BCUT2D eigenvalue weighted by molar-refractivity contribution is -0.0945. The average molecular weight is 237 g/mol. The molecule has 1 fully saturated rings. The molecular formula is C13H23N3O. The summed E-state index contributed by atoms with van der Waals surface area (Å²) in [5.41, 5.74) is 0.246. The highest BCUT2D eigenvalue weighted by atomic mass is 16.5. The molecule has 0 spiro atoms. The van der Waals surface area contributed by atoms with Crippen LogP contribution in [0, 0.1) is 5.41 Å². The van der Waals surface area contributed by atoms with Gasteiger partial charge in [0.15, 0.2) is 5.96 Å². The number of guanidine groups is 1. The van der Waals surface area contributed by atoms with Gasteiger partial charge in [-0.15, -0.1) is 0 Å². The fourth-order valence-corrected chi connectivity index (χ4v) is 2.06. The van der Waals surface area contributed by atoms with Crippen LogP contribution in [-0.4, -0.2) is 38.3 Å². The number of aliphatic imine (C=N–C) groups is 1. The Hall–Kier alpha value is -1.03. The fraction of sp³-hybridized carbons (Fsp3) is 0.769. The summed E-state index contributed by atoms with van der Waals surface area (Å²) in [6.07, 6.45) is 6.65. The number of nitrogens with one attached hydrogen (secondary N) is 2. The second-order valence-electron chi connectivity index (χ2n) is 5.28.